The standard InChI is InChI=1S/C21H26N6.HI/c1-3-23-21(26-17(2)20-10-5-4-6-11-20)24-13-18-8-7-9-19(12-18)14-27-16-22-15-25-27;/h4-12,15-17H,3,13-14H2,1-2H3,(H2,23,24,26);1H. The summed E-state index contributed by atoms with van der Waals surface area (Å²) in [4.78, 5) is 8.73. The van der Waals surface area contributed by atoms with Gasteiger partial charge in [0, 0.05) is 6.54 Å². The third-order valence-electron chi connectivity index (χ3n) is 4.22. The van der Waals surface area contributed by atoms with Crippen LogP contribution < -0.4 is 10.6 Å². The Morgan fingerprint density at radius 1 is 1.11 bits per heavy atom. The number of rotatable bonds is 7. The lowest BCUT2D eigenvalue weighted by atomic mass is 10.1. The van der Waals surface area contributed by atoms with Crippen molar-refractivity contribution in [2.24, 2.45) is 4.99 Å². The highest BCUT2D eigenvalue weighted by Crippen LogP contribution is 2.11. The zero-order chi connectivity index (χ0) is 18.9. The fourth-order valence-corrected chi connectivity index (χ4v) is 2.85. The van der Waals surface area contributed by atoms with Gasteiger partial charge >= 0.3 is 0 Å². The lowest BCUT2D eigenvalue weighted by molar-refractivity contribution is 0.682. The summed E-state index contributed by atoms with van der Waals surface area (Å²) < 4.78 is 1.82. The molecule has 6 nitrogen and oxygen atoms in total. The molecule has 2 N–H and O–H groups in total. The minimum atomic E-state index is 0. The predicted molar refractivity (Wildman–Crippen MR) is 124 cm³/mol. The number of nitrogens with one attached hydrogen (secondary N) is 2. The van der Waals surface area contributed by atoms with Crippen molar-refractivity contribution in [2.45, 2.75) is 33.0 Å². The molecule has 1 heterocycles. The number of benzene rings is 2. The highest BCUT2D eigenvalue weighted by atomic mass is 127. The van der Waals surface area contributed by atoms with E-state index in [1.165, 1.54) is 11.1 Å². The Kier molecular flexibility index (Phi) is 8.93. The van der Waals surface area contributed by atoms with Crippen LogP contribution in [0.4, 0.5) is 0 Å². The molecule has 0 fully saturated rings. The minimum Gasteiger partial charge on any atom is -0.357 e. The summed E-state index contributed by atoms with van der Waals surface area (Å²) in [7, 11) is 0. The van der Waals surface area contributed by atoms with Crippen molar-refractivity contribution in [3.8, 4) is 0 Å². The monoisotopic (exact) mass is 490 g/mol. The molecular weight excluding hydrogens is 463 g/mol. The molecule has 0 radical (unpaired) electrons. The number of aliphatic imine (C=N–C) groups is 1. The van der Waals surface area contributed by atoms with Crippen LogP contribution in [-0.4, -0.2) is 27.3 Å². The van der Waals surface area contributed by atoms with Gasteiger partial charge in [0.2, 0.25) is 0 Å². The van der Waals surface area contributed by atoms with Crippen LogP contribution in [0.5, 0.6) is 0 Å². The van der Waals surface area contributed by atoms with Crippen LogP contribution in [-0.2, 0) is 13.1 Å². The van der Waals surface area contributed by atoms with Gasteiger partial charge in [0.25, 0.3) is 0 Å². The first kappa shape index (κ1) is 21.9. The molecule has 0 saturated heterocycles. The molecular formula is C21H27IN6. The van der Waals surface area contributed by atoms with Gasteiger partial charge in [0.15, 0.2) is 5.96 Å². The van der Waals surface area contributed by atoms with Gasteiger partial charge in [-0.2, -0.15) is 5.10 Å². The maximum atomic E-state index is 4.75. The van der Waals surface area contributed by atoms with Crippen molar-refractivity contribution in [3.63, 3.8) is 0 Å². The first-order valence-electron chi connectivity index (χ1n) is 9.24. The van der Waals surface area contributed by atoms with Crippen LogP contribution in [0.3, 0.4) is 0 Å². The number of guanidine groups is 1. The van der Waals surface area contributed by atoms with Crippen molar-refractivity contribution in [1.82, 2.24) is 25.4 Å². The lowest BCUT2D eigenvalue weighted by Gasteiger charge is -2.18. The van der Waals surface area contributed by atoms with Crippen LogP contribution >= 0.6 is 24.0 Å². The first-order valence-corrected chi connectivity index (χ1v) is 9.24. The molecule has 0 amide bonds. The Morgan fingerprint density at radius 2 is 1.89 bits per heavy atom. The quantitative estimate of drug-likeness (QED) is 0.301. The number of hydrogen-bond acceptors (Lipinski definition) is 3. The molecule has 0 aliphatic carbocycles. The summed E-state index contributed by atoms with van der Waals surface area (Å²) in [5, 5.41) is 11.0. The second kappa shape index (κ2) is 11.4. The fraction of sp³-hybridized carbons (Fsp3) is 0.286. The Bertz CT molecular complexity index is 848. The Morgan fingerprint density at radius 3 is 2.61 bits per heavy atom. The Labute approximate surface area is 183 Å². The number of aromatic nitrogens is 3. The molecule has 0 aliphatic rings. The average molecular weight is 490 g/mol. The predicted octanol–water partition coefficient (Wildman–Crippen LogP) is 3.76. The van der Waals surface area contributed by atoms with Gasteiger partial charge in [-0.3, -0.25) is 0 Å². The summed E-state index contributed by atoms with van der Waals surface area (Å²) in [6.07, 6.45) is 3.28. The van der Waals surface area contributed by atoms with Crippen molar-refractivity contribution in [3.05, 3.63) is 83.9 Å². The lowest BCUT2D eigenvalue weighted by Crippen LogP contribution is -2.38. The van der Waals surface area contributed by atoms with Gasteiger partial charge in [-0.25, -0.2) is 14.7 Å². The van der Waals surface area contributed by atoms with Crippen molar-refractivity contribution in [1.29, 1.82) is 0 Å². The molecule has 7 heteroatoms. The Balaban J connectivity index is 0.00000280. The molecule has 28 heavy (non-hydrogen) atoms. The topological polar surface area (TPSA) is 67.1 Å². The normalized spacial score (nSPS) is 12.1. The summed E-state index contributed by atoms with van der Waals surface area (Å²) in [5.41, 5.74) is 3.58. The third kappa shape index (κ3) is 6.63. The van der Waals surface area contributed by atoms with Crippen LogP contribution in [0.25, 0.3) is 0 Å². The van der Waals surface area contributed by atoms with Crippen molar-refractivity contribution in [2.75, 3.05) is 6.54 Å². The summed E-state index contributed by atoms with van der Waals surface area (Å²) in [6.45, 7) is 6.35. The highest BCUT2D eigenvalue weighted by Gasteiger charge is 2.07. The smallest absolute Gasteiger partial charge is 0.192 e. The number of nitrogens with zero attached hydrogens (tertiary/aromatic N) is 4. The number of hydrogen-bond donors (Lipinski definition) is 2. The molecule has 3 aromatic rings. The molecule has 3 rings (SSSR count). The van der Waals surface area contributed by atoms with E-state index in [-0.39, 0.29) is 30.0 Å². The van der Waals surface area contributed by atoms with E-state index >= 15 is 0 Å². The molecule has 1 atom stereocenters. The Hall–Kier alpha value is -2.42. The second-order valence-corrected chi connectivity index (χ2v) is 6.38. The van der Waals surface area contributed by atoms with Crippen LogP contribution in [0, 0.1) is 0 Å². The van der Waals surface area contributed by atoms with E-state index in [0.29, 0.717) is 13.1 Å². The van der Waals surface area contributed by atoms with Gasteiger partial charge in [-0.1, -0.05) is 54.6 Å². The van der Waals surface area contributed by atoms with Gasteiger partial charge in [-0.15, -0.1) is 24.0 Å². The second-order valence-electron chi connectivity index (χ2n) is 6.38. The van der Waals surface area contributed by atoms with Crippen molar-refractivity contribution < 1.29 is 0 Å². The van der Waals surface area contributed by atoms with Crippen LogP contribution in [0.15, 0.2) is 72.2 Å². The zero-order valence-corrected chi connectivity index (χ0v) is 18.6. The summed E-state index contributed by atoms with van der Waals surface area (Å²) in [5.74, 6) is 0.815. The fourth-order valence-electron chi connectivity index (χ4n) is 2.85. The SMILES string of the molecule is CCNC(=NCc1cccc(Cn2cncn2)c1)NC(C)c1ccccc1.I. The van der Waals surface area contributed by atoms with Gasteiger partial charge in [-0.05, 0) is 30.5 Å². The van der Waals surface area contributed by atoms with E-state index < -0.39 is 0 Å². The summed E-state index contributed by atoms with van der Waals surface area (Å²) in [6, 6.07) is 19.0. The maximum absolute atomic E-state index is 4.75. The molecule has 0 bridgehead atoms. The molecule has 0 aliphatic heterocycles. The third-order valence-corrected chi connectivity index (χ3v) is 4.22. The zero-order valence-electron chi connectivity index (χ0n) is 16.2. The first-order chi connectivity index (χ1) is 13.2. The van der Waals surface area contributed by atoms with E-state index in [9.17, 15) is 0 Å². The van der Waals surface area contributed by atoms with Gasteiger partial charge < -0.3 is 10.6 Å². The van der Waals surface area contributed by atoms with Gasteiger partial charge in [0.05, 0.1) is 19.1 Å². The van der Waals surface area contributed by atoms with E-state index in [4.69, 9.17) is 4.99 Å². The molecule has 2 aromatic carbocycles. The molecule has 1 aromatic heterocycles. The summed E-state index contributed by atoms with van der Waals surface area (Å²) >= 11 is 0. The van der Waals surface area contributed by atoms with Gasteiger partial charge in [0.1, 0.15) is 12.7 Å². The minimum absolute atomic E-state index is 0. The average Bonchev–Trinajstić information content (AvgIpc) is 3.20. The highest BCUT2D eigenvalue weighted by molar-refractivity contribution is 14.0. The molecule has 0 saturated carbocycles. The largest absolute Gasteiger partial charge is 0.357 e. The maximum Gasteiger partial charge on any atom is 0.192 e. The van der Waals surface area contributed by atoms with E-state index in [1.807, 2.05) is 10.7 Å². The van der Waals surface area contributed by atoms with Crippen LogP contribution in [0.1, 0.15) is 36.6 Å². The van der Waals surface area contributed by atoms with Crippen molar-refractivity contribution >= 4 is 29.9 Å². The van der Waals surface area contributed by atoms with E-state index in [0.717, 1.165) is 18.1 Å². The molecule has 148 valence electrons. The molecule has 1 unspecified atom stereocenters. The number of halogens is 1. The molecule has 0 spiro atoms. The van der Waals surface area contributed by atoms with E-state index in [2.05, 4.69) is 83.1 Å². The van der Waals surface area contributed by atoms with Crippen LogP contribution in [0.2, 0.25) is 0 Å². The van der Waals surface area contributed by atoms with E-state index in [1.54, 1.807) is 12.7 Å².